The van der Waals surface area contributed by atoms with Crippen molar-refractivity contribution in [3.63, 3.8) is 0 Å². The van der Waals surface area contributed by atoms with Crippen LogP contribution in [0.25, 0.3) is 0 Å². The van der Waals surface area contributed by atoms with Crippen molar-refractivity contribution in [1.29, 1.82) is 10.8 Å². The monoisotopic (exact) mass is 422 g/mol. The second kappa shape index (κ2) is 9.29. The Labute approximate surface area is 180 Å². The second-order valence-electron chi connectivity index (χ2n) is 7.43. The van der Waals surface area contributed by atoms with Crippen molar-refractivity contribution >= 4 is 23.5 Å². The zero-order chi connectivity index (χ0) is 22.5. The van der Waals surface area contributed by atoms with Gasteiger partial charge in [-0.3, -0.25) is 20.4 Å². The van der Waals surface area contributed by atoms with Gasteiger partial charge >= 0.3 is 0 Å². The molecular formula is C22H26N6O3. The van der Waals surface area contributed by atoms with Crippen LogP contribution in [0, 0.1) is 10.8 Å². The summed E-state index contributed by atoms with van der Waals surface area (Å²) in [4.78, 5) is 26.4. The van der Waals surface area contributed by atoms with Crippen LogP contribution in [0.2, 0.25) is 0 Å². The molecule has 2 aromatic rings. The lowest BCUT2D eigenvalue weighted by Gasteiger charge is -2.22. The summed E-state index contributed by atoms with van der Waals surface area (Å²) in [7, 11) is 0. The topological polar surface area (TPSA) is 158 Å². The zero-order valence-corrected chi connectivity index (χ0v) is 17.2. The van der Waals surface area contributed by atoms with Gasteiger partial charge in [-0.2, -0.15) is 0 Å². The Morgan fingerprint density at radius 1 is 1.10 bits per heavy atom. The number of carbonyl (C=O) groups is 2. The molecule has 1 aliphatic rings. The molecule has 9 heteroatoms. The van der Waals surface area contributed by atoms with Gasteiger partial charge < -0.3 is 26.4 Å². The van der Waals surface area contributed by atoms with E-state index >= 15 is 0 Å². The maximum absolute atomic E-state index is 12.8. The summed E-state index contributed by atoms with van der Waals surface area (Å²) in [5, 5.41) is 17.8. The number of nitrogens with one attached hydrogen (secondary N) is 3. The summed E-state index contributed by atoms with van der Waals surface area (Å²) in [6, 6.07) is 13.3. The zero-order valence-electron chi connectivity index (χ0n) is 17.2. The lowest BCUT2D eigenvalue weighted by atomic mass is 10.1. The van der Waals surface area contributed by atoms with Crippen LogP contribution >= 0.6 is 0 Å². The minimum absolute atomic E-state index is 0.0153. The molecule has 1 fully saturated rings. The van der Waals surface area contributed by atoms with Gasteiger partial charge in [0.25, 0.3) is 0 Å². The SMILES string of the molecule is CC(=O)N1C[C@H](Oc2cccc(C(=N)N)c2)C[C@H]1C(=O)NCc1ccc(C(=N)N)cc1. The number of likely N-dealkylation sites (tertiary alicyclic amines) is 1. The third-order valence-corrected chi connectivity index (χ3v) is 5.15. The summed E-state index contributed by atoms with van der Waals surface area (Å²) in [5.74, 6) is 0.00569. The predicted molar refractivity (Wildman–Crippen MR) is 117 cm³/mol. The van der Waals surface area contributed by atoms with Gasteiger partial charge in [0.1, 0.15) is 29.6 Å². The second-order valence-corrected chi connectivity index (χ2v) is 7.43. The molecule has 1 aliphatic heterocycles. The Hall–Kier alpha value is -3.88. The van der Waals surface area contributed by atoms with Crippen LogP contribution < -0.4 is 21.5 Å². The van der Waals surface area contributed by atoms with E-state index in [2.05, 4.69) is 5.32 Å². The standard InChI is InChI=1S/C22H26N6O3/c1-13(29)28-12-18(31-17-4-2-3-16(9-17)21(25)26)10-19(28)22(30)27-11-14-5-7-15(8-6-14)20(23)24/h2-9,18-19H,10-12H2,1H3,(H3,23,24)(H3,25,26)(H,27,30)/t18-,19+/m1/s1. The number of nitrogens with zero attached hydrogens (tertiary/aromatic N) is 1. The number of benzene rings is 2. The van der Waals surface area contributed by atoms with Crippen molar-refractivity contribution in [2.24, 2.45) is 11.5 Å². The van der Waals surface area contributed by atoms with Gasteiger partial charge in [0.2, 0.25) is 11.8 Å². The van der Waals surface area contributed by atoms with E-state index < -0.39 is 6.04 Å². The molecule has 1 saturated heterocycles. The van der Waals surface area contributed by atoms with Crippen molar-refractivity contribution in [2.45, 2.75) is 32.0 Å². The predicted octanol–water partition coefficient (Wildman–Crippen LogP) is 0.939. The molecule has 0 unspecified atom stereocenters. The highest BCUT2D eigenvalue weighted by atomic mass is 16.5. The van der Waals surface area contributed by atoms with Gasteiger partial charge in [-0.05, 0) is 17.7 Å². The molecule has 1 heterocycles. The normalized spacial score (nSPS) is 17.8. The summed E-state index contributed by atoms with van der Waals surface area (Å²) >= 11 is 0. The smallest absolute Gasteiger partial charge is 0.243 e. The average molecular weight is 422 g/mol. The lowest BCUT2D eigenvalue weighted by molar-refractivity contribution is -0.137. The summed E-state index contributed by atoms with van der Waals surface area (Å²) in [6.45, 7) is 2.02. The van der Waals surface area contributed by atoms with Crippen LogP contribution in [-0.4, -0.2) is 47.1 Å². The molecule has 162 valence electrons. The van der Waals surface area contributed by atoms with E-state index in [0.29, 0.717) is 36.4 Å². The maximum Gasteiger partial charge on any atom is 0.243 e. The minimum Gasteiger partial charge on any atom is -0.488 e. The van der Waals surface area contributed by atoms with Crippen LogP contribution in [0.3, 0.4) is 0 Å². The molecule has 2 aromatic carbocycles. The van der Waals surface area contributed by atoms with E-state index in [1.807, 2.05) is 0 Å². The first kappa shape index (κ1) is 21.8. The van der Waals surface area contributed by atoms with Gasteiger partial charge in [0.15, 0.2) is 0 Å². The van der Waals surface area contributed by atoms with Crippen molar-refractivity contribution in [3.8, 4) is 5.75 Å². The fourth-order valence-corrected chi connectivity index (χ4v) is 3.52. The fourth-order valence-electron chi connectivity index (χ4n) is 3.52. The van der Waals surface area contributed by atoms with Crippen molar-refractivity contribution in [2.75, 3.05) is 6.54 Å². The summed E-state index contributed by atoms with van der Waals surface area (Å²) in [6.07, 6.45) is 0.00984. The first-order valence-corrected chi connectivity index (χ1v) is 9.84. The fraction of sp³-hybridized carbons (Fsp3) is 0.273. The van der Waals surface area contributed by atoms with Crippen LogP contribution in [0.15, 0.2) is 48.5 Å². The van der Waals surface area contributed by atoms with E-state index in [0.717, 1.165) is 5.56 Å². The van der Waals surface area contributed by atoms with Gasteiger partial charge in [-0.1, -0.05) is 36.4 Å². The molecule has 9 nitrogen and oxygen atoms in total. The number of hydrogen-bond donors (Lipinski definition) is 5. The minimum atomic E-state index is -0.630. The molecule has 0 radical (unpaired) electrons. The largest absolute Gasteiger partial charge is 0.488 e. The quantitative estimate of drug-likeness (QED) is 0.331. The van der Waals surface area contributed by atoms with Crippen molar-refractivity contribution < 1.29 is 14.3 Å². The molecule has 0 aromatic heterocycles. The lowest BCUT2D eigenvalue weighted by Crippen LogP contribution is -2.44. The Kier molecular flexibility index (Phi) is 6.54. The van der Waals surface area contributed by atoms with E-state index in [9.17, 15) is 9.59 Å². The number of rotatable bonds is 7. The highest BCUT2D eigenvalue weighted by molar-refractivity contribution is 5.95. The van der Waals surface area contributed by atoms with E-state index in [1.165, 1.54) is 11.8 Å². The highest BCUT2D eigenvalue weighted by Crippen LogP contribution is 2.24. The average Bonchev–Trinajstić information content (AvgIpc) is 3.16. The third kappa shape index (κ3) is 5.39. The van der Waals surface area contributed by atoms with Crippen molar-refractivity contribution in [1.82, 2.24) is 10.2 Å². The Balaban J connectivity index is 1.63. The molecular weight excluding hydrogens is 396 g/mol. The number of carbonyl (C=O) groups excluding carboxylic acids is 2. The first-order chi connectivity index (χ1) is 14.7. The van der Waals surface area contributed by atoms with Crippen LogP contribution in [0.1, 0.15) is 30.0 Å². The summed E-state index contributed by atoms with van der Waals surface area (Å²) < 4.78 is 5.97. The Morgan fingerprint density at radius 2 is 1.77 bits per heavy atom. The molecule has 0 spiro atoms. The number of nitrogens with two attached hydrogens (primary N) is 2. The Morgan fingerprint density at radius 3 is 2.39 bits per heavy atom. The van der Waals surface area contributed by atoms with Gasteiger partial charge in [0.05, 0.1) is 6.54 Å². The number of hydrogen-bond acceptors (Lipinski definition) is 5. The van der Waals surface area contributed by atoms with Crippen molar-refractivity contribution in [3.05, 3.63) is 65.2 Å². The van der Waals surface area contributed by atoms with E-state index in [1.54, 1.807) is 48.5 Å². The van der Waals surface area contributed by atoms with Crippen LogP contribution in [-0.2, 0) is 16.1 Å². The number of amides is 2. The number of amidine groups is 2. The van der Waals surface area contributed by atoms with Gasteiger partial charge in [-0.15, -0.1) is 0 Å². The molecule has 0 bridgehead atoms. The van der Waals surface area contributed by atoms with Crippen LogP contribution in [0.4, 0.5) is 0 Å². The third-order valence-electron chi connectivity index (χ3n) is 5.15. The van der Waals surface area contributed by atoms with Gasteiger partial charge in [0, 0.05) is 31.0 Å². The number of nitrogen functional groups attached to an aromatic ring is 2. The molecule has 2 amide bonds. The molecule has 7 N–H and O–H groups in total. The highest BCUT2D eigenvalue weighted by Gasteiger charge is 2.39. The van der Waals surface area contributed by atoms with Crippen LogP contribution in [0.5, 0.6) is 5.75 Å². The first-order valence-electron chi connectivity index (χ1n) is 9.84. The molecule has 2 atom stereocenters. The molecule has 0 saturated carbocycles. The van der Waals surface area contributed by atoms with Gasteiger partial charge in [-0.25, -0.2) is 0 Å². The molecule has 31 heavy (non-hydrogen) atoms. The maximum atomic E-state index is 12.8. The Bertz CT molecular complexity index is 1000. The molecule has 3 rings (SSSR count). The summed E-state index contributed by atoms with van der Waals surface area (Å²) in [5.41, 5.74) is 13.0. The number of ether oxygens (including phenoxy) is 1. The van der Waals surface area contributed by atoms with E-state index in [4.69, 9.17) is 27.0 Å². The van der Waals surface area contributed by atoms with E-state index in [-0.39, 0.29) is 29.6 Å². The molecule has 0 aliphatic carbocycles.